The largest absolute Gasteiger partial charge is 0.494 e. The number of carbonyl (C=O) groups excluding carboxylic acids is 1. The van der Waals surface area contributed by atoms with Gasteiger partial charge in [-0.05, 0) is 96.2 Å². The number of aryl methyl sites for hydroxylation is 2. The first kappa shape index (κ1) is 41.4. The summed E-state index contributed by atoms with van der Waals surface area (Å²) in [7, 11) is 1.31. The number of amides is 1. The number of aliphatic hydroxyl groups is 1. The second-order valence-corrected chi connectivity index (χ2v) is 10.8. The molecule has 1 saturated heterocycles. The Morgan fingerprint density at radius 2 is 1.76 bits per heavy atom. The lowest BCUT2D eigenvalue weighted by atomic mass is 10.0. The van der Waals surface area contributed by atoms with Crippen LogP contribution in [0.4, 0.5) is 8.78 Å². The van der Waals surface area contributed by atoms with Gasteiger partial charge in [-0.25, -0.2) is 4.39 Å². The Hall–Kier alpha value is -3.55. The number of β-amino-alcohol motifs (C(OH)–C–C–N with tert-alkyl or cyclic N) is 1. The van der Waals surface area contributed by atoms with Gasteiger partial charge in [-0.15, -0.1) is 0 Å². The van der Waals surface area contributed by atoms with Crippen LogP contribution in [-0.2, 0) is 6.42 Å². The minimum absolute atomic E-state index is 0.0739. The van der Waals surface area contributed by atoms with Gasteiger partial charge in [-0.1, -0.05) is 81.0 Å². The minimum atomic E-state index is -0.939. The molecule has 0 bridgehead atoms. The molecule has 2 aromatic rings. The third-order valence-electron chi connectivity index (χ3n) is 7.26. The van der Waals surface area contributed by atoms with Crippen molar-refractivity contribution >= 4 is 11.5 Å². The standard InChI is InChI=1S/C15H22N2O2.C11H12F2O.C10H16.C2H6/c1-3-12-8-11(2)4-5-13(12)14(18)17-10-15(19)6-7-16-9-15;1-4-7(2)8-5-6-9(14-3)11(13)10(8)12;1-5-6-7-8-10(4)9(2)3;1-2/h4-5,8,16,19H,3,6-7,9-10H2,1-2H3,(H,17,18);4-6H,1-3H3;5-6H,2,4,7-8H2,1,3H3;1-2H3/b;7-4+;6-5-;. The Labute approximate surface area is 271 Å². The summed E-state index contributed by atoms with van der Waals surface area (Å²) in [4.78, 5) is 12.2. The predicted octanol–water partition coefficient (Wildman–Crippen LogP) is 8.91. The number of nitrogens with one attached hydrogen (secondary N) is 2. The van der Waals surface area contributed by atoms with Gasteiger partial charge in [0.05, 0.1) is 12.7 Å². The highest BCUT2D eigenvalue weighted by Gasteiger charge is 2.31. The van der Waals surface area contributed by atoms with Crippen molar-refractivity contribution in [2.24, 2.45) is 0 Å². The Morgan fingerprint density at radius 3 is 2.27 bits per heavy atom. The molecule has 1 heterocycles. The zero-order valence-corrected chi connectivity index (χ0v) is 29.0. The Bertz CT molecular complexity index is 1290. The van der Waals surface area contributed by atoms with Gasteiger partial charge in [0.1, 0.15) is 0 Å². The molecule has 3 rings (SSSR count). The average molecular weight is 627 g/mol. The monoisotopic (exact) mass is 626 g/mol. The van der Waals surface area contributed by atoms with Crippen molar-refractivity contribution in [3.63, 3.8) is 0 Å². The molecule has 3 N–H and O–H groups in total. The van der Waals surface area contributed by atoms with Gasteiger partial charge in [0.15, 0.2) is 11.6 Å². The van der Waals surface area contributed by atoms with Gasteiger partial charge in [0, 0.05) is 24.2 Å². The number of hydrogen-bond acceptors (Lipinski definition) is 4. The number of rotatable bonds is 10. The van der Waals surface area contributed by atoms with E-state index in [1.54, 1.807) is 19.9 Å². The van der Waals surface area contributed by atoms with Crippen LogP contribution >= 0.6 is 0 Å². The lowest BCUT2D eigenvalue weighted by molar-refractivity contribution is 0.0561. The van der Waals surface area contributed by atoms with Gasteiger partial charge >= 0.3 is 0 Å². The van der Waals surface area contributed by atoms with Crippen molar-refractivity contribution in [1.82, 2.24) is 10.6 Å². The fraction of sp³-hybridized carbons (Fsp3) is 0.447. The SMILES string of the molecule is C/C=C(\C)c1ccc(OC)c(F)c1F.C=C(C)C(=C)CC/C=C\C.CC.CCc1cc(C)ccc1C(=O)NCC1(O)CCNC1. The molecular weight excluding hydrogens is 570 g/mol. The second-order valence-electron chi connectivity index (χ2n) is 10.8. The number of allylic oxidation sites excluding steroid dienone is 6. The number of methoxy groups -OCH3 is 1. The summed E-state index contributed by atoms with van der Waals surface area (Å²) >= 11 is 0. The maximum atomic E-state index is 13.4. The van der Waals surface area contributed by atoms with E-state index in [4.69, 9.17) is 0 Å². The maximum Gasteiger partial charge on any atom is 0.251 e. The van der Waals surface area contributed by atoms with Crippen molar-refractivity contribution in [2.75, 3.05) is 26.7 Å². The molecule has 7 heteroatoms. The molecule has 5 nitrogen and oxygen atoms in total. The van der Waals surface area contributed by atoms with Crippen molar-refractivity contribution in [2.45, 2.75) is 86.7 Å². The quantitative estimate of drug-likeness (QED) is 0.182. The van der Waals surface area contributed by atoms with Crippen LogP contribution in [0.2, 0.25) is 0 Å². The molecule has 1 aliphatic heterocycles. The molecule has 0 radical (unpaired) electrons. The van der Waals surface area contributed by atoms with Crippen LogP contribution in [0.3, 0.4) is 0 Å². The van der Waals surface area contributed by atoms with Crippen LogP contribution in [0, 0.1) is 18.6 Å². The Kier molecular flexibility index (Phi) is 20.3. The molecule has 2 aromatic carbocycles. The van der Waals surface area contributed by atoms with Crippen LogP contribution in [0.1, 0.15) is 94.8 Å². The number of carbonyl (C=O) groups is 1. The van der Waals surface area contributed by atoms with Crippen LogP contribution in [0.25, 0.3) is 5.57 Å². The number of hydrogen-bond donors (Lipinski definition) is 3. The molecule has 1 amide bonds. The lowest BCUT2D eigenvalue weighted by Crippen LogP contribution is -2.44. The molecule has 250 valence electrons. The molecule has 0 spiro atoms. The third-order valence-corrected chi connectivity index (χ3v) is 7.26. The van der Waals surface area contributed by atoms with Crippen LogP contribution < -0.4 is 15.4 Å². The van der Waals surface area contributed by atoms with E-state index in [0.29, 0.717) is 30.6 Å². The lowest BCUT2D eigenvalue weighted by Gasteiger charge is -2.22. The highest BCUT2D eigenvalue weighted by molar-refractivity contribution is 5.95. The van der Waals surface area contributed by atoms with Crippen LogP contribution in [-0.4, -0.2) is 43.4 Å². The summed E-state index contributed by atoms with van der Waals surface area (Å²) in [5.74, 6) is -1.97. The summed E-state index contributed by atoms with van der Waals surface area (Å²) in [6.07, 6.45) is 9.57. The van der Waals surface area contributed by atoms with Crippen LogP contribution in [0.15, 0.2) is 72.9 Å². The van der Waals surface area contributed by atoms with Gasteiger partial charge < -0.3 is 20.5 Å². The van der Waals surface area contributed by atoms with E-state index < -0.39 is 17.2 Å². The second kappa shape index (κ2) is 22.0. The van der Waals surface area contributed by atoms with Gasteiger partial charge in [-0.3, -0.25) is 4.79 Å². The number of ether oxygens (including phenoxy) is 1. The molecule has 1 unspecified atom stereocenters. The van der Waals surface area contributed by atoms with E-state index in [-0.39, 0.29) is 17.2 Å². The molecule has 45 heavy (non-hydrogen) atoms. The van der Waals surface area contributed by atoms with Crippen LogP contribution in [0.5, 0.6) is 5.75 Å². The van der Waals surface area contributed by atoms with Crippen molar-refractivity contribution in [1.29, 1.82) is 0 Å². The summed E-state index contributed by atoms with van der Waals surface area (Å²) in [5.41, 5.74) is 5.35. The van der Waals surface area contributed by atoms with Crippen molar-refractivity contribution in [3.05, 3.63) is 107 Å². The van der Waals surface area contributed by atoms with Gasteiger partial charge in [-0.2, -0.15) is 4.39 Å². The van der Waals surface area contributed by atoms with E-state index >= 15 is 0 Å². The zero-order chi connectivity index (χ0) is 34.6. The van der Waals surface area contributed by atoms with Gasteiger partial charge in [0.25, 0.3) is 5.91 Å². The predicted molar refractivity (Wildman–Crippen MR) is 187 cm³/mol. The average Bonchev–Trinajstić information content (AvgIpc) is 3.48. The summed E-state index contributed by atoms with van der Waals surface area (Å²) in [6, 6.07) is 8.77. The first-order chi connectivity index (χ1) is 21.3. The normalized spacial score (nSPS) is 15.5. The van der Waals surface area contributed by atoms with Gasteiger partial charge in [0.2, 0.25) is 5.82 Å². The molecule has 1 atom stereocenters. The topological polar surface area (TPSA) is 70.6 Å². The van der Waals surface area contributed by atoms with E-state index in [1.807, 2.05) is 59.7 Å². The molecule has 1 fully saturated rings. The zero-order valence-electron chi connectivity index (χ0n) is 29.0. The Morgan fingerprint density at radius 1 is 1.11 bits per heavy atom. The fourth-order valence-corrected chi connectivity index (χ4v) is 4.25. The fourth-order valence-electron chi connectivity index (χ4n) is 4.25. The third kappa shape index (κ3) is 14.4. The molecular formula is C38H56F2N2O3. The van der Waals surface area contributed by atoms with E-state index in [0.717, 1.165) is 48.1 Å². The first-order valence-corrected chi connectivity index (χ1v) is 15.7. The highest BCUT2D eigenvalue weighted by Crippen LogP contribution is 2.26. The van der Waals surface area contributed by atoms with Crippen molar-refractivity contribution in [3.8, 4) is 5.75 Å². The number of halogens is 2. The molecule has 1 aliphatic rings. The summed E-state index contributed by atoms with van der Waals surface area (Å²) in [6.45, 7) is 24.9. The minimum Gasteiger partial charge on any atom is -0.494 e. The molecule has 0 aliphatic carbocycles. The molecule has 0 saturated carbocycles. The highest BCUT2D eigenvalue weighted by atomic mass is 19.2. The number of benzene rings is 2. The maximum absolute atomic E-state index is 13.4. The summed E-state index contributed by atoms with van der Waals surface area (Å²) in [5, 5.41) is 16.1. The van der Waals surface area contributed by atoms with E-state index in [9.17, 15) is 18.7 Å². The molecule has 0 aromatic heterocycles. The Balaban J connectivity index is 0.000000661. The summed E-state index contributed by atoms with van der Waals surface area (Å²) < 4.78 is 31.3. The smallest absolute Gasteiger partial charge is 0.251 e. The van der Waals surface area contributed by atoms with E-state index in [2.05, 4.69) is 40.7 Å². The van der Waals surface area contributed by atoms with Crippen molar-refractivity contribution < 1.29 is 23.4 Å². The first-order valence-electron chi connectivity index (χ1n) is 15.7. The van der Waals surface area contributed by atoms with E-state index in [1.165, 1.54) is 19.2 Å².